The third-order valence-electron chi connectivity index (χ3n) is 4.57. The lowest BCUT2D eigenvalue weighted by atomic mass is 10.1. The Labute approximate surface area is 187 Å². The summed E-state index contributed by atoms with van der Waals surface area (Å²) in [6.45, 7) is 7.52. The van der Waals surface area contributed by atoms with Gasteiger partial charge in [0.05, 0.1) is 22.5 Å². The molecule has 1 aromatic carbocycles. The molecule has 30 heavy (non-hydrogen) atoms. The van der Waals surface area contributed by atoms with Gasteiger partial charge in [0.2, 0.25) is 5.95 Å². The van der Waals surface area contributed by atoms with Crippen LogP contribution in [0.15, 0.2) is 76.4 Å². The zero-order valence-corrected chi connectivity index (χ0v) is 18.7. The normalized spacial score (nSPS) is 12.5. The van der Waals surface area contributed by atoms with Gasteiger partial charge in [-0.3, -0.25) is 4.79 Å². The average Bonchev–Trinajstić information content (AvgIpc) is 2.73. The van der Waals surface area contributed by atoms with Crippen molar-refractivity contribution in [1.82, 2.24) is 14.5 Å². The highest BCUT2D eigenvalue weighted by molar-refractivity contribution is 9.11. The lowest BCUT2D eigenvalue weighted by molar-refractivity contribution is 0.593. The second kappa shape index (κ2) is 9.36. The molecule has 8 heteroatoms. The van der Waals surface area contributed by atoms with Crippen LogP contribution < -0.4 is 10.9 Å². The molecular weight excluding hydrogens is 471 g/mol. The highest BCUT2D eigenvalue weighted by Gasteiger charge is 2.13. The summed E-state index contributed by atoms with van der Waals surface area (Å²) in [4.78, 5) is 21.4. The summed E-state index contributed by atoms with van der Waals surface area (Å²) in [5.74, 6) is -0.131. The van der Waals surface area contributed by atoms with Crippen molar-refractivity contribution in [3.05, 3.63) is 98.4 Å². The van der Waals surface area contributed by atoms with Gasteiger partial charge in [0, 0.05) is 28.5 Å². The van der Waals surface area contributed by atoms with Crippen molar-refractivity contribution in [2.45, 2.75) is 19.9 Å². The Bertz CT molecular complexity index is 1190. The quantitative estimate of drug-likeness (QED) is 0.436. The molecule has 2 aromatic heterocycles. The topological polar surface area (TPSA) is 59.8 Å². The minimum absolute atomic E-state index is 0.0476. The van der Waals surface area contributed by atoms with Crippen LogP contribution in [0.1, 0.15) is 25.5 Å². The van der Waals surface area contributed by atoms with Crippen LogP contribution in [0.2, 0.25) is 5.02 Å². The molecule has 0 aliphatic carbocycles. The summed E-state index contributed by atoms with van der Waals surface area (Å²) in [7, 11) is 0. The number of allylic oxidation sites excluding steroid dienone is 2. The Morgan fingerprint density at radius 1 is 1.33 bits per heavy atom. The number of rotatable bonds is 6. The molecule has 0 amide bonds. The van der Waals surface area contributed by atoms with Crippen LogP contribution in [0.3, 0.4) is 0 Å². The molecule has 0 aliphatic rings. The largest absolute Gasteiger partial charge is 0.323 e. The van der Waals surface area contributed by atoms with E-state index in [1.807, 2.05) is 19.9 Å². The first-order valence-electron chi connectivity index (χ1n) is 9.09. The third-order valence-corrected chi connectivity index (χ3v) is 5.30. The van der Waals surface area contributed by atoms with Gasteiger partial charge in [-0.05, 0) is 59.6 Å². The Morgan fingerprint density at radius 2 is 2.10 bits per heavy atom. The molecule has 154 valence electrons. The molecular formula is C22H19BrClFN4O. The van der Waals surface area contributed by atoms with Gasteiger partial charge in [-0.2, -0.15) is 0 Å². The van der Waals surface area contributed by atoms with E-state index in [2.05, 4.69) is 37.8 Å². The lowest BCUT2D eigenvalue weighted by Gasteiger charge is -2.16. The smallest absolute Gasteiger partial charge is 0.251 e. The number of nitrogens with one attached hydrogen (secondary N) is 1. The first-order valence-corrected chi connectivity index (χ1v) is 10.3. The minimum atomic E-state index is -0.515. The monoisotopic (exact) mass is 488 g/mol. The number of hydrogen-bond donors (Lipinski definition) is 1. The molecule has 3 aromatic rings. The average molecular weight is 490 g/mol. The summed E-state index contributed by atoms with van der Waals surface area (Å²) >= 11 is 9.08. The van der Waals surface area contributed by atoms with Gasteiger partial charge in [-0.15, -0.1) is 0 Å². The number of halogens is 3. The van der Waals surface area contributed by atoms with Crippen molar-refractivity contribution >= 4 is 33.5 Å². The highest BCUT2D eigenvalue weighted by Crippen LogP contribution is 2.23. The van der Waals surface area contributed by atoms with Crippen molar-refractivity contribution < 1.29 is 4.39 Å². The number of benzene rings is 1. The van der Waals surface area contributed by atoms with E-state index in [1.54, 1.807) is 30.6 Å². The molecule has 0 fully saturated rings. The maximum absolute atomic E-state index is 13.8. The standard InChI is InChI=1S/C22H19BrClFN4O/c1-4-19(13(2)23)27-22-26-9-7-20(28-22)16-8-10-29(21(30)12-16)14(3)15-5-6-17(24)18(25)11-15/h4-12,14H,2H2,1,3H3,(H,26,27,28)/b19-4+/t14-/m1/s1. The van der Waals surface area contributed by atoms with Gasteiger partial charge >= 0.3 is 0 Å². The van der Waals surface area contributed by atoms with Crippen molar-refractivity contribution in [2.75, 3.05) is 5.32 Å². The van der Waals surface area contributed by atoms with E-state index in [0.29, 0.717) is 27.3 Å². The number of pyridine rings is 1. The second-order valence-electron chi connectivity index (χ2n) is 6.51. The first kappa shape index (κ1) is 21.9. The van der Waals surface area contributed by atoms with Crippen LogP contribution in [0.4, 0.5) is 10.3 Å². The lowest BCUT2D eigenvalue weighted by Crippen LogP contribution is -2.22. The molecule has 0 saturated heterocycles. The SMILES string of the molecule is C=C(Br)/C(=C\C)Nc1nccc(-c2ccn([C@H](C)c3ccc(Cl)c(F)c3)c(=O)c2)n1. The van der Waals surface area contributed by atoms with Crippen molar-refractivity contribution in [1.29, 1.82) is 0 Å². The molecule has 0 bridgehead atoms. The van der Waals surface area contributed by atoms with E-state index in [0.717, 1.165) is 5.70 Å². The van der Waals surface area contributed by atoms with E-state index in [1.165, 1.54) is 22.8 Å². The van der Waals surface area contributed by atoms with Crippen LogP contribution in [0, 0.1) is 5.82 Å². The van der Waals surface area contributed by atoms with Gasteiger partial charge < -0.3 is 9.88 Å². The Hall–Kier alpha value is -2.77. The predicted molar refractivity (Wildman–Crippen MR) is 122 cm³/mol. The molecule has 1 atom stereocenters. The summed E-state index contributed by atoms with van der Waals surface area (Å²) in [5.41, 5.74) is 2.40. The summed E-state index contributed by atoms with van der Waals surface area (Å²) in [6, 6.07) is 9.18. The summed E-state index contributed by atoms with van der Waals surface area (Å²) in [5, 5.41) is 3.12. The van der Waals surface area contributed by atoms with Crippen molar-refractivity contribution in [3.8, 4) is 11.3 Å². The Morgan fingerprint density at radius 3 is 2.73 bits per heavy atom. The fourth-order valence-electron chi connectivity index (χ4n) is 2.90. The van der Waals surface area contributed by atoms with Crippen molar-refractivity contribution in [3.63, 3.8) is 0 Å². The summed E-state index contributed by atoms with van der Waals surface area (Å²) < 4.78 is 16.0. The number of aromatic nitrogens is 3. The van der Waals surface area contributed by atoms with Gasteiger partial charge in [0.1, 0.15) is 5.82 Å². The fraction of sp³-hybridized carbons (Fsp3) is 0.136. The Kier molecular flexibility index (Phi) is 6.84. The zero-order valence-electron chi connectivity index (χ0n) is 16.4. The fourth-order valence-corrected chi connectivity index (χ4v) is 3.34. The van der Waals surface area contributed by atoms with E-state index in [-0.39, 0.29) is 16.6 Å². The van der Waals surface area contributed by atoms with E-state index in [4.69, 9.17) is 11.6 Å². The number of anilines is 1. The maximum Gasteiger partial charge on any atom is 0.251 e. The molecule has 0 saturated carbocycles. The van der Waals surface area contributed by atoms with E-state index < -0.39 is 5.82 Å². The molecule has 2 heterocycles. The van der Waals surface area contributed by atoms with Gasteiger partial charge in [0.15, 0.2) is 0 Å². The van der Waals surface area contributed by atoms with Crippen LogP contribution in [0.5, 0.6) is 0 Å². The van der Waals surface area contributed by atoms with Crippen LogP contribution in [-0.2, 0) is 0 Å². The van der Waals surface area contributed by atoms with E-state index in [9.17, 15) is 9.18 Å². The number of hydrogen-bond acceptors (Lipinski definition) is 4. The highest BCUT2D eigenvalue weighted by atomic mass is 79.9. The summed E-state index contributed by atoms with van der Waals surface area (Å²) in [6.07, 6.45) is 5.12. The first-order chi connectivity index (χ1) is 14.3. The van der Waals surface area contributed by atoms with Crippen molar-refractivity contribution in [2.24, 2.45) is 0 Å². The molecule has 1 N–H and O–H groups in total. The minimum Gasteiger partial charge on any atom is -0.323 e. The Balaban J connectivity index is 1.90. The van der Waals surface area contributed by atoms with Crippen LogP contribution >= 0.6 is 27.5 Å². The maximum atomic E-state index is 13.8. The molecule has 0 spiro atoms. The van der Waals surface area contributed by atoms with Gasteiger partial charge in [0.25, 0.3) is 5.56 Å². The van der Waals surface area contributed by atoms with Crippen LogP contribution in [0.25, 0.3) is 11.3 Å². The van der Waals surface area contributed by atoms with Crippen LogP contribution in [-0.4, -0.2) is 14.5 Å². The van der Waals surface area contributed by atoms with E-state index >= 15 is 0 Å². The predicted octanol–water partition coefficient (Wildman–Crippen LogP) is 5.93. The molecule has 0 radical (unpaired) electrons. The molecule has 3 rings (SSSR count). The zero-order chi connectivity index (χ0) is 21.8. The molecule has 5 nitrogen and oxygen atoms in total. The molecule has 0 unspecified atom stereocenters. The number of nitrogens with zero attached hydrogens (tertiary/aromatic N) is 3. The third kappa shape index (κ3) is 4.86. The van der Waals surface area contributed by atoms with Gasteiger partial charge in [-0.25, -0.2) is 14.4 Å². The molecule has 0 aliphatic heterocycles. The van der Waals surface area contributed by atoms with Gasteiger partial charge in [-0.1, -0.05) is 30.3 Å². The second-order valence-corrected chi connectivity index (χ2v) is 7.87.